The third kappa shape index (κ3) is 5.54. The minimum absolute atomic E-state index is 0.261. The zero-order chi connectivity index (χ0) is 13.4. The van der Waals surface area contributed by atoms with Gasteiger partial charge >= 0.3 is 6.09 Å². The maximum absolute atomic E-state index is 11.3. The first kappa shape index (κ1) is 14.3. The molecule has 0 aliphatic rings. The van der Waals surface area contributed by atoms with Crippen LogP contribution < -0.4 is 10.1 Å². The molecule has 0 fully saturated rings. The molecular weight excluding hydrogens is 258 g/mol. The van der Waals surface area contributed by atoms with Crippen molar-refractivity contribution in [3.8, 4) is 5.75 Å². The first-order valence-electron chi connectivity index (χ1n) is 5.46. The number of halogens is 1. The summed E-state index contributed by atoms with van der Waals surface area (Å²) in [4.78, 5) is 22.3. The van der Waals surface area contributed by atoms with Gasteiger partial charge in [0.05, 0.1) is 6.61 Å². The van der Waals surface area contributed by atoms with Crippen molar-refractivity contribution < 1.29 is 19.1 Å². The molecular formula is C12H14ClNO4. The van der Waals surface area contributed by atoms with Crippen LogP contribution >= 0.6 is 11.6 Å². The normalized spacial score (nSPS) is 9.67. The zero-order valence-corrected chi connectivity index (χ0v) is 10.7. The zero-order valence-electron chi connectivity index (χ0n) is 9.94. The number of rotatable bonds is 5. The molecule has 98 valence electrons. The molecule has 0 atom stereocenters. The second-order valence-corrected chi connectivity index (χ2v) is 3.86. The van der Waals surface area contributed by atoms with Crippen LogP contribution in [0.15, 0.2) is 24.3 Å². The van der Waals surface area contributed by atoms with Crippen LogP contribution in [0.5, 0.6) is 5.75 Å². The second-order valence-electron chi connectivity index (χ2n) is 3.43. The molecule has 0 aromatic heterocycles. The van der Waals surface area contributed by atoms with E-state index in [2.05, 4.69) is 4.74 Å². The van der Waals surface area contributed by atoms with Crippen molar-refractivity contribution in [1.29, 1.82) is 0 Å². The molecule has 5 nitrogen and oxygen atoms in total. The van der Waals surface area contributed by atoms with Crippen molar-refractivity contribution in [3.63, 3.8) is 0 Å². The molecule has 0 unspecified atom stereocenters. The van der Waals surface area contributed by atoms with E-state index in [1.807, 2.05) is 12.2 Å². The van der Waals surface area contributed by atoms with Crippen molar-refractivity contribution in [1.82, 2.24) is 5.32 Å². The van der Waals surface area contributed by atoms with Crippen molar-refractivity contribution in [2.24, 2.45) is 0 Å². The average Bonchev–Trinajstić information content (AvgIpc) is 2.35. The van der Waals surface area contributed by atoms with Crippen molar-refractivity contribution in [2.75, 3.05) is 13.2 Å². The maximum Gasteiger partial charge on any atom is 0.413 e. The minimum Gasteiger partial charge on any atom is -0.484 e. The number of imide groups is 1. The van der Waals surface area contributed by atoms with E-state index >= 15 is 0 Å². The number of amides is 2. The smallest absolute Gasteiger partial charge is 0.413 e. The Balaban J connectivity index is 2.28. The van der Waals surface area contributed by atoms with E-state index in [1.54, 1.807) is 24.3 Å². The lowest BCUT2D eigenvalue weighted by molar-refractivity contribution is -0.122. The van der Waals surface area contributed by atoms with Gasteiger partial charge in [0, 0.05) is 5.02 Å². The third-order valence-corrected chi connectivity index (χ3v) is 2.11. The standard InChI is InChI=1S/C12H14ClNO4/c1-2-7-17-12(16)14-11(15)8-18-10-5-3-9(13)4-6-10/h3-6H,2,7-8H2,1H3,(H,14,15,16). The topological polar surface area (TPSA) is 64.6 Å². The van der Waals surface area contributed by atoms with Crippen LogP contribution in [0.4, 0.5) is 4.79 Å². The summed E-state index contributed by atoms with van der Waals surface area (Å²) >= 11 is 5.70. The Labute approximate surface area is 110 Å². The molecule has 0 aliphatic carbocycles. The van der Waals surface area contributed by atoms with E-state index in [9.17, 15) is 9.59 Å². The van der Waals surface area contributed by atoms with Gasteiger partial charge in [-0.2, -0.15) is 0 Å². The van der Waals surface area contributed by atoms with Gasteiger partial charge in [0.2, 0.25) is 0 Å². The Bertz CT molecular complexity index is 405. The van der Waals surface area contributed by atoms with Gasteiger partial charge in [-0.05, 0) is 30.7 Å². The van der Waals surface area contributed by atoms with Crippen LogP contribution in [0.2, 0.25) is 5.02 Å². The predicted octanol–water partition coefficient (Wildman–Crippen LogP) is 2.38. The summed E-state index contributed by atoms with van der Waals surface area (Å²) in [6.07, 6.45) is -0.0651. The summed E-state index contributed by atoms with van der Waals surface area (Å²) in [5.41, 5.74) is 0. The van der Waals surface area contributed by atoms with Crippen LogP contribution in [0.3, 0.4) is 0 Å². The average molecular weight is 272 g/mol. The molecule has 1 rings (SSSR count). The fourth-order valence-electron chi connectivity index (χ4n) is 1.06. The summed E-state index contributed by atoms with van der Waals surface area (Å²) < 4.78 is 9.84. The van der Waals surface area contributed by atoms with Crippen LogP contribution in [0.25, 0.3) is 0 Å². The molecule has 1 N–H and O–H groups in total. The lowest BCUT2D eigenvalue weighted by atomic mass is 10.3. The highest BCUT2D eigenvalue weighted by Gasteiger charge is 2.08. The fraction of sp³-hybridized carbons (Fsp3) is 0.333. The number of hydrogen-bond donors (Lipinski definition) is 1. The SMILES string of the molecule is CCCOC(=O)NC(=O)COc1ccc(Cl)cc1. The van der Waals surface area contributed by atoms with Gasteiger partial charge in [0.1, 0.15) is 5.75 Å². The van der Waals surface area contributed by atoms with Crippen molar-refractivity contribution >= 4 is 23.6 Å². The van der Waals surface area contributed by atoms with E-state index in [4.69, 9.17) is 16.3 Å². The van der Waals surface area contributed by atoms with E-state index in [-0.39, 0.29) is 13.2 Å². The van der Waals surface area contributed by atoms with Gasteiger partial charge in [0.25, 0.3) is 5.91 Å². The number of carbonyl (C=O) groups excluding carboxylic acids is 2. The van der Waals surface area contributed by atoms with Crippen LogP contribution in [-0.2, 0) is 9.53 Å². The van der Waals surface area contributed by atoms with Crippen LogP contribution in [0, 0.1) is 0 Å². The summed E-state index contributed by atoms with van der Waals surface area (Å²) in [6, 6.07) is 6.55. The van der Waals surface area contributed by atoms with E-state index in [0.29, 0.717) is 17.2 Å². The Hall–Kier alpha value is -1.75. The van der Waals surface area contributed by atoms with Crippen LogP contribution in [-0.4, -0.2) is 25.2 Å². The Morgan fingerprint density at radius 1 is 1.28 bits per heavy atom. The number of ether oxygens (including phenoxy) is 2. The highest BCUT2D eigenvalue weighted by Crippen LogP contribution is 2.15. The van der Waals surface area contributed by atoms with E-state index in [1.165, 1.54) is 0 Å². The number of carbonyl (C=O) groups is 2. The molecule has 0 radical (unpaired) electrons. The third-order valence-electron chi connectivity index (χ3n) is 1.86. The number of benzene rings is 1. The monoisotopic (exact) mass is 271 g/mol. The summed E-state index contributed by atoms with van der Waals surface area (Å²) in [7, 11) is 0. The Morgan fingerprint density at radius 3 is 2.56 bits per heavy atom. The van der Waals surface area contributed by atoms with Gasteiger partial charge in [-0.3, -0.25) is 10.1 Å². The van der Waals surface area contributed by atoms with Crippen molar-refractivity contribution in [2.45, 2.75) is 13.3 Å². The Morgan fingerprint density at radius 2 is 1.94 bits per heavy atom. The first-order chi connectivity index (χ1) is 8.61. The van der Waals surface area contributed by atoms with E-state index in [0.717, 1.165) is 0 Å². The van der Waals surface area contributed by atoms with Crippen LogP contribution in [0.1, 0.15) is 13.3 Å². The number of nitrogens with one attached hydrogen (secondary N) is 1. The Kier molecular flexibility index (Phi) is 6.00. The van der Waals surface area contributed by atoms with Gasteiger partial charge < -0.3 is 9.47 Å². The summed E-state index contributed by atoms with van der Waals surface area (Å²) in [6.45, 7) is 1.87. The molecule has 0 aliphatic heterocycles. The fourth-order valence-corrected chi connectivity index (χ4v) is 1.19. The number of hydrogen-bond acceptors (Lipinski definition) is 4. The molecule has 1 aromatic carbocycles. The molecule has 2 amide bonds. The minimum atomic E-state index is -0.762. The molecule has 0 spiro atoms. The molecule has 1 aromatic rings. The highest BCUT2D eigenvalue weighted by atomic mass is 35.5. The lowest BCUT2D eigenvalue weighted by Crippen LogP contribution is -2.34. The largest absolute Gasteiger partial charge is 0.484 e. The molecule has 6 heteroatoms. The van der Waals surface area contributed by atoms with Gasteiger partial charge in [-0.15, -0.1) is 0 Å². The maximum atomic E-state index is 11.3. The quantitative estimate of drug-likeness (QED) is 0.893. The first-order valence-corrected chi connectivity index (χ1v) is 5.84. The van der Waals surface area contributed by atoms with Gasteiger partial charge in [-0.1, -0.05) is 18.5 Å². The second kappa shape index (κ2) is 7.55. The molecule has 0 saturated heterocycles. The summed E-state index contributed by atoms with van der Waals surface area (Å²) in [5.74, 6) is -0.0671. The van der Waals surface area contributed by atoms with E-state index < -0.39 is 12.0 Å². The summed E-state index contributed by atoms with van der Waals surface area (Å²) in [5, 5.41) is 2.62. The molecule has 0 heterocycles. The van der Waals surface area contributed by atoms with Gasteiger partial charge in [-0.25, -0.2) is 4.79 Å². The lowest BCUT2D eigenvalue weighted by Gasteiger charge is -2.07. The highest BCUT2D eigenvalue weighted by molar-refractivity contribution is 6.30. The predicted molar refractivity (Wildman–Crippen MR) is 66.7 cm³/mol. The van der Waals surface area contributed by atoms with Gasteiger partial charge in [0.15, 0.2) is 6.61 Å². The molecule has 0 bridgehead atoms. The molecule has 0 saturated carbocycles. The van der Waals surface area contributed by atoms with Crippen molar-refractivity contribution in [3.05, 3.63) is 29.3 Å². The molecule has 18 heavy (non-hydrogen) atoms. The number of alkyl carbamates (subject to hydrolysis) is 1.